The normalized spacial score (nSPS) is 14.8. The third-order valence-corrected chi connectivity index (χ3v) is 5.48. The van der Waals surface area contributed by atoms with Crippen LogP contribution in [-0.2, 0) is 14.8 Å². The Kier molecular flexibility index (Phi) is 4.93. The van der Waals surface area contributed by atoms with Crippen molar-refractivity contribution in [3.05, 3.63) is 28.2 Å². The number of hydrogen-bond acceptors (Lipinski definition) is 3. The minimum Gasteiger partial charge on any atom is -0.354 e. The molecule has 1 aliphatic carbocycles. The van der Waals surface area contributed by atoms with E-state index in [1.807, 2.05) is 19.1 Å². The minimum absolute atomic E-state index is 0.0236. The van der Waals surface area contributed by atoms with Gasteiger partial charge in [0.25, 0.3) is 0 Å². The van der Waals surface area contributed by atoms with Crippen LogP contribution in [0.25, 0.3) is 0 Å². The Morgan fingerprint density at radius 2 is 2.10 bits per heavy atom. The second-order valence-corrected chi connectivity index (χ2v) is 8.10. The van der Waals surface area contributed by atoms with Gasteiger partial charge in [-0.3, -0.25) is 9.10 Å². The van der Waals surface area contributed by atoms with Crippen LogP contribution in [0.2, 0.25) is 0 Å². The molecule has 0 aliphatic heterocycles. The summed E-state index contributed by atoms with van der Waals surface area (Å²) in [6, 6.07) is 5.39. The lowest BCUT2D eigenvalue weighted by molar-refractivity contribution is -0.122. The summed E-state index contributed by atoms with van der Waals surface area (Å²) < 4.78 is 26.2. The smallest absolute Gasteiger partial charge is 0.232 e. The van der Waals surface area contributed by atoms with Crippen molar-refractivity contribution in [3.63, 3.8) is 0 Å². The number of rotatable bonds is 6. The average molecular weight is 375 g/mol. The second kappa shape index (κ2) is 6.36. The van der Waals surface area contributed by atoms with Crippen molar-refractivity contribution in [2.24, 2.45) is 5.92 Å². The molecule has 116 valence electrons. The number of aryl methyl sites for hydroxylation is 1. The summed E-state index contributed by atoms with van der Waals surface area (Å²) >= 11 is 3.40. The predicted molar refractivity (Wildman–Crippen MR) is 86.8 cm³/mol. The van der Waals surface area contributed by atoms with Crippen molar-refractivity contribution < 1.29 is 13.2 Å². The molecule has 0 bridgehead atoms. The minimum atomic E-state index is -3.38. The second-order valence-electron chi connectivity index (χ2n) is 5.33. The molecule has 5 nitrogen and oxygen atoms in total. The van der Waals surface area contributed by atoms with Gasteiger partial charge in [0.15, 0.2) is 0 Å². The zero-order valence-electron chi connectivity index (χ0n) is 12.1. The molecular formula is C14H19BrN2O3S. The van der Waals surface area contributed by atoms with Gasteiger partial charge in [0, 0.05) is 16.9 Å². The van der Waals surface area contributed by atoms with Gasteiger partial charge in [-0.15, -0.1) is 0 Å². The van der Waals surface area contributed by atoms with Gasteiger partial charge in [0.2, 0.25) is 15.9 Å². The van der Waals surface area contributed by atoms with Gasteiger partial charge >= 0.3 is 0 Å². The van der Waals surface area contributed by atoms with Gasteiger partial charge in [-0.05, 0) is 43.5 Å². The molecule has 1 aliphatic rings. The van der Waals surface area contributed by atoms with E-state index >= 15 is 0 Å². The maximum atomic E-state index is 12.0. The summed E-state index contributed by atoms with van der Waals surface area (Å²) in [4.78, 5) is 11.6. The number of nitrogens with zero attached hydrogens (tertiary/aromatic N) is 1. The van der Waals surface area contributed by atoms with E-state index in [-0.39, 0.29) is 18.4 Å². The molecule has 0 unspecified atom stereocenters. The molecule has 1 amide bonds. The first kappa shape index (κ1) is 16.3. The highest BCUT2D eigenvalue weighted by molar-refractivity contribution is 9.10. The molecule has 21 heavy (non-hydrogen) atoms. The molecule has 1 fully saturated rings. The predicted octanol–water partition coefficient (Wildman–Crippen LogP) is 2.05. The molecule has 1 aromatic rings. The fourth-order valence-electron chi connectivity index (χ4n) is 2.04. The third-order valence-electron chi connectivity index (χ3n) is 3.39. The largest absolute Gasteiger partial charge is 0.354 e. The summed E-state index contributed by atoms with van der Waals surface area (Å²) in [5.74, 6) is 0.155. The highest BCUT2D eigenvalue weighted by Crippen LogP contribution is 2.28. The number of carbonyl (C=O) groups is 1. The monoisotopic (exact) mass is 374 g/mol. The van der Waals surface area contributed by atoms with Crippen molar-refractivity contribution in [2.75, 3.05) is 23.7 Å². The van der Waals surface area contributed by atoms with Crippen LogP contribution in [0.15, 0.2) is 22.7 Å². The molecule has 0 spiro atoms. The van der Waals surface area contributed by atoms with Gasteiger partial charge in [-0.2, -0.15) is 0 Å². The molecule has 0 aromatic heterocycles. The van der Waals surface area contributed by atoms with Crippen LogP contribution >= 0.6 is 15.9 Å². The first-order valence-corrected chi connectivity index (χ1v) is 9.45. The van der Waals surface area contributed by atoms with Crippen molar-refractivity contribution in [2.45, 2.75) is 19.8 Å². The Hall–Kier alpha value is -1.08. The topological polar surface area (TPSA) is 66.5 Å². The Morgan fingerprint density at radius 3 is 2.62 bits per heavy atom. The lowest BCUT2D eigenvalue weighted by Crippen LogP contribution is -2.38. The molecule has 1 aromatic carbocycles. The van der Waals surface area contributed by atoms with E-state index in [0.29, 0.717) is 12.2 Å². The number of benzene rings is 1. The molecule has 0 saturated heterocycles. The summed E-state index contributed by atoms with van der Waals surface area (Å²) in [5, 5.41) is 2.79. The van der Waals surface area contributed by atoms with Crippen molar-refractivity contribution in [3.8, 4) is 0 Å². The standard InChI is InChI=1S/C14H19BrN2O3S/c1-10-9-12(5-6-13(10)15)17(21(2,19)20)8-7-16-14(18)11-3-4-11/h5-6,9,11H,3-4,7-8H2,1-2H3,(H,16,18). The van der Waals surface area contributed by atoms with E-state index in [2.05, 4.69) is 21.2 Å². The molecule has 1 saturated carbocycles. The van der Waals surface area contributed by atoms with Gasteiger partial charge in [0.1, 0.15) is 0 Å². The van der Waals surface area contributed by atoms with E-state index in [4.69, 9.17) is 0 Å². The van der Waals surface area contributed by atoms with E-state index in [0.717, 1.165) is 22.9 Å². The van der Waals surface area contributed by atoms with Crippen LogP contribution in [0.5, 0.6) is 0 Å². The van der Waals surface area contributed by atoms with Gasteiger partial charge in [0.05, 0.1) is 18.5 Å². The van der Waals surface area contributed by atoms with Gasteiger partial charge in [-0.1, -0.05) is 15.9 Å². The molecule has 0 atom stereocenters. The first-order valence-electron chi connectivity index (χ1n) is 6.80. The number of hydrogen-bond donors (Lipinski definition) is 1. The van der Waals surface area contributed by atoms with Crippen LogP contribution in [0.1, 0.15) is 18.4 Å². The Labute approximate surface area is 133 Å². The highest BCUT2D eigenvalue weighted by Gasteiger charge is 2.29. The Bertz CT molecular complexity index is 642. The number of nitrogens with one attached hydrogen (secondary N) is 1. The van der Waals surface area contributed by atoms with E-state index in [1.165, 1.54) is 10.6 Å². The number of carbonyl (C=O) groups excluding carboxylic acids is 1. The van der Waals surface area contributed by atoms with Crippen LogP contribution in [0.3, 0.4) is 0 Å². The molecular weight excluding hydrogens is 356 g/mol. The first-order chi connectivity index (χ1) is 9.79. The molecule has 0 heterocycles. The molecule has 0 radical (unpaired) electrons. The summed E-state index contributed by atoms with van der Waals surface area (Å²) in [6.07, 6.45) is 3.05. The highest BCUT2D eigenvalue weighted by atomic mass is 79.9. The molecule has 1 N–H and O–H groups in total. The zero-order chi connectivity index (χ0) is 15.6. The lowest BCUT2D eigenvalue weighted by Gasteiger charge is -2.23. The number of anilines is 1. The fourth-order valence-corrected chi connectivity index (χ4v) is 3.21. The van der Waals surface area contributed by atoms with Gasteiger partial charge < -0.3 is 5.32 Å². The number of sulfonamides is 1. The van der Waals surface area contributed by atoms with Crippen LogP contribution < -0.4 is 9.62 Å². The average Bonchev–Trinajstić information content (AvgIpc) is 3.21. The Morgan fingerprint density at radius 1 is 1.43 bits per heavy atom. The van der Waals surface area contributed by atoms with Crippen LogP contribution in [0, 0.1) is 12.8 Å². The number of halogens is 1. The summed E-state index contributed by atoms with van der Waals surface area (Å²) in [7, 11) is -3.38. The van der Waals surface area contributed by atoms with Crippen LogP contribution in [0.4, 0.5) is 5.69 Å². The summed E-state index contributed by atoms with van der Waals surface area (Å²) in [5.41, 5.74) is 1.57. The Balaban J connectivity index is 2.07. The summed E-state index contributed by atoms with van der Waals surface area (Å²) in [6.45, 7) is 2.46. The lowest BCUT2D eigenvalue weighted by atomic mass is 10.2. The quantitative estimate of drug-likeness (QED) is 0.828. The van der Waals surface area contributed by atoms with Gasteiger partial charge in [-0.25, -0.2) is 8.42 Å². The fraction of sp³-hybridized carbons (Fsp3) is 0.500. The van der Waals surface area contributed by atoms with E-state index in [1.54, 1.807) is 6.07 Å². The van der Waals surface area contributed by atoms with E-state index in [9.17, 15) is 13.2 Å². The molecule has 7 heteroatoms. The van der Waals surface area contributed by atoms with E-state index < -0.39 is 10.0 Å². The zero-order valence-corrected chi connectivity index (χ0v) is 14.5. The molecule has 2 rings (SSSR count). The maximum absolute atomic E-state index is 12.0. The third kappa shape index (κ3) is 4.44. The number of amides is 1. The van der Waals surface area contributed by atoms with Crippen LogP contribution in [-0.4, -0.2) is 33.7 Å². The van der Waals surface area contributed by atoms with Crippen molar-refractivity contribution >= 4 is 37.5 Å². The maximum Gasteiger partial charge on any atom is 0.232 e. The van der Waals surface area contributed by atoms with Crippen molar-refractivity contribution in [1.29, 1.82) is 0 Å². The van der Waals surface area contributed by atoms with Crippen molar-refractivity contribution in [1.82, 2.24) is 5.32 Å². The SMILES string of the molecule is Cc1cc(N(CCNC(=O)C2CC2)S(C)(=O)=O)ccc1Br.